The Bertz CT molecular complexity index is 492. The van der Waals surface area contributed by atoms with Crippen molar-refractivity contribution in [2.45, 2.75) is 6.54 Å². The molecule has 2 N–H and O–H groups in total. The van der Waals surface area contributed by atoms with Gasteiger partial charge in [-0.1, -0.05) is 0 Å². The maximum atomic E-state index is 5.54. The van der Waals surface area contributed by atoms with Crippen LogP contribution in [0.25, 0.3) is 0 Å². The van der Waals surface area contributed by atoms with Gasteiger partial charge in [0.15, 0.2) is 0 Å². The van der Waals surface area contributed by atoms with E-state index in [4.69, 9.17) is 10.5 Å². The lowest BCUT2D eigenvalue weighted by Gasteiger charge is -2.06. The average Bonchev–Trinajstić information content (AvgIpc) is 2.30. The van der Waals surface area contributed by atoms with Crippen LogP contribution in [-0.2, 0) is 6.54 Å². The molecule has 2 aromatic heterocycles. The van der Waals surface area contributed by atoms with Crippen molar-refractivity contribution in [2.75, 3.05) is 0 Å². The predicted octanol–water partition coefficient (Wildman–Crippen LogP) is 1.89. The molecule has 0 amide bonds. The number of ether oxygens (including phenoxy) is 1. The molecule has 0 aromatic carbocycles. The second kappa shape index (κ2) is 5.00. The van der Waals surface area contributed by atoms with Crippen LogP contribution in [0.3, 0.4) is 0 Å². The minimum absolute atomic E-state index is 0.282. The van der Waals surface area contributed by atoms with Crippen LogP contribution < -0.4 is 10.5 Å². The summed E-state index contributed by atoms with van der Waals surface area (Å²) in [7, 11) is 0. The molecule has 82 valence electrons. The molecule has 0 atom stereocenters. The molecular weight excluding hydrogens is 272 g/mol. The maximum Gasteiger partial charge on any atom is 0.242 e. The van der Waals surface area contributed by atoms with Gasteiger partial charge in [0.1, 0.15) is 11.4 Å². The summed E-state index contributed by atoms with van der Waals surface area (Å²) in [5, 5.41) is 0. The lowest BCUT2D eigenvalue weighted by atomic mass is 10.4. The smallest absolute Gasteiger partial charge is 0.242 e. The molecule has 0 spiro atoms. The van der Waals surface area contributed by atoms with E-state index in [0.717, 1.165) is 4.47 Å². The number of aromatic nitrogens is 3. The zero-order valence-corrected chi connectivity index (χ0v) is 9.89. The summed E-state index contributed by atoms with van der Waals surface area (Å²) in [5.41, 5.74) is 6.14. The SMILES string of the molecule is NCc1nccnc1Oc1cncc(Br)c1. The van der Waals surface area contributed by atoms with Gasteiger partial charge in [0, 0.05) is 29.6 Å². The monoisotopic (exact) mass is 280 g/mol. The second-order valence-corrected chi connectivity index (χ2v) is 3.87. The number of hydrogen-bond donors (Lipinski definition) is 1. The predicted molar refractivity (Wildman–Crippen MR) is 61.9 cm³/mol. The van der Waals surface area contributed by atoms with E-state index in [1.54, 1.807) is 30.9 Å². The van der Waals surface area contributed by atoms with E-state index in [1.165, 1.54) is 0 Å². The van der Waals surface area contributed by atoms with E-state index >= 15 is 0 Å². The number of nitrogens with two attached hydrogens (primary N) is 1. The van der Waals surface area contributed by atoms with Crippen molar-refractivity contribution >= 4 is 15.9 Å². The molecule has 0 unspecified atom stereocenters. The number of nitrogens with zero attached hydrogens (tertiary/aromatic N) is 3. The number of rotatable bonds is 3. The van der Waals surface area contributed by atoms with Crippen LogP contribution in [0.4, 0.5) is 0 Å². The Labute approximate surface area is 101 Å². The van der Waals surface area contributed by atoms with Gasteiger partial charge >= 0.3 is 0 Å². The molecular formula is C10H9BrN4O. The number of hydrogen-bond acceptors (Lipinski definition) is 5. The Morgan fingerprint density at radius 1 is 1.25 bits per heavy atom. The van der Waals surface area contributed by atoms with E-state index in [2.05, 4.69) is 30.9 Å². The number of halogens is 1. The highest BCUT2D eigenvalue weighted by molar-refractivity contribution is 9.10. The highest BCUT2D eigenvalue weighted by Gasteiger charge is 2.06. The highest BCUT2D eigenvalue weighted by atomic mass is 79.9. The Morgan fingerprint density at radius 2 is 2.06 bits per heavy atom. The Hall–Kier alpha value is -1.53. The van der Waals surface area contributed by atoms with E-state index in [1.807, 2.05) is 0 Å². The molecule has 6 heteroatoms. The normalized spacial score (nSPS) is 10.1. The standard InChI is InChI=1S/C10H9BrN4O/c11-7-3-8(6-13-5-7)16-10-9(4-12)14-1-2-15-10/h1-3,5-6H,4,12H2. The largest absolute Gasteiger partial charge is 0.436 e. The van der Waals surface area contributed by atoms with Gasteiger partial charge in [0.05, 0.1) is 6.20 Å². The molecule has 0 saturated heterocycles. The maximum absolute atomic E-state index is 5.54. The lowest BCUT2D eigenvalue weighted by Crippen LogP contribution is -2.03. The van der Waals surface area contributed by atoms with Crippen molar-refractivity contribution in [3.63, 3.8) is 0 Å². The fourth-order valence-corrected chi connectivity index (χ4v) is 1.48. The van der Waals surface area contributed by atoms with E-state index in [9.17, 15) is 0 Å². The first-order chi connectivity index (χ1) is 7.79. The Morgan fingerprint density at radius 3 is 2.81 bits per heavy atom. The molecule has 2 aromatic rings. The molecule has 0 saturated carbocycles. The van der Waals surface area contributed by atoms with Crippen LogP contribution in [-0.4, -0.2) is 15.0 Å². The lowest BCUT2D eigenvalue weighted by molar-refractivity contribution is 0.450. The van der Waals surface area contributed by atoms with Crippen LogP contribution >= 0.6 is 15.9 Å². The van der Waals surface area contributed by atoms with Crippen molar-refractivity contribution < 1.29 is 4.74 Å². The van der Waals surface area contributed by atoms with Gasteiger partial charge in [-0.3, -0.25) is 9.97 Å². The molecule has 0 aliphatic heterocycles. The molecule has 0 radical (unpaired) electrons. The van der Waals surface area contributed by atoms with Crippen molar-refractivity contribution in [3.05, 3.63) is 41.0 Å². The fourth-order valence-electron chi connectivity index (χ4n) is 1.14. The van der Waals surface area contributed by atoms with Crippen molar-refractivity contribution in [2.24, 2.45) is 5.73 Å². The van der Waals surface area contributed by atoms with Gasteiger partial charge in [-0.15, -0.1) is 0 Å². The molecule has 5 nitrogen and oxygen atoms in total. The first kappa shape index (κ1) is 11.0. The summed E-state index contributed by atoms with van der Waals surface area (Å²) in [4.78, 5) is 12.1. The van der Waals surface area contributed by atoms with E-state index in [-0.39, 0.29) is 6.54 Å². The van der Waals surface area contributed by atoms with Gasteiger partial charge in [-0.2, -0.15) is 0 Å². The third kappa shape index (κ3) is 2.53. The van der Waals surface area contributed by atoms with Crippen LogP contribution in [0.2, 0.25) is 0 Å². The topological polar surface area (TPSA) is 73.9 Å². The molecule has 2 heterocycles. The Kier molecular flexibility index (Phi) is 3.43. The van der Waals surface area contributed by atoms with Crippen LogP contribution in [0, 0.1) is 0 Å². The first-order valence-corrected chi connectivity index (χ1v) is 5.37. The zero-order valence-electron chi connectivity index (χ0n) is 8.30. The molecule has 0 fully saturated rings. The minimum atomic E-state index is 0.282. The van der Waals surface area contributed by atoms with Crippen LogP contribution in [0.1, 0.15) is 5.69 Å². The average molecular weight is 281 g/mol. The third-order valence-corrected chi connectivity index (χ3v) is 2.26. The fraction of sp³-hybridized carbons (Fsp3) is 0.100. The Balaban J connectivity index is 2.26. The summed E-state index contributed by atoms with van der Waals surface area (Å²) < 4.78 is 6.37. The summed E-state index contributed by atoms with van der Waals surface area (Å²) in [6, 6.07) is 1.79. The van der Waals surface area contributed by atoms with Crippen molar-refractivity contribution in [3.8, 4) is 11.6 Å². The summed E-state index contributed by atoms with van der Waals surface area (Å²) >= 11 is 3.31. The van der Waals surface area contributed by atoms with E-state index < -0.39 is 0 Å². The first-order valence-electron chi connectivity index (χ1n) is 4.58. The number of pyridine rings is 1. The molecule has 0 aliphatic rings. The summed E-state index contributed by atoms with van der Waals surface area (Å²) in [6.45, 7) is 0.282. The van der Waals surface area contributed by atoms with Gasteiger partial charge in [-0.05, 0) is 22.0 Å². The van der Waals surface area contributed by atoms with Gasteiger partial charge in [-0.25, -0.2) is 4.98 Å². The van der Waals surface area contributed by atoms with E-state index in [0.29, 0.717) is 17.3 Å². The van der Waals surface area contributed by atoms with Gasteiger partial charge < -0.3 is 10.5 Å². The van der Waals surface area contributed by atoms with Crippen molar-refractivity contribution in [1.82, 2.24) is 15.0 Å². The quantitative estimate of drug-likeness (QED) is 0.929. The van der Waals surface area contributed by atoms with Gasteiger partial charge in [0.25, 0.3) is 0 Å². The third-order valence-electron chi connectivity index (χ3n) is 1.82. The molecule has 0 aliphatic carbocycles. The van der Waals surface area contributed by atoms with Crippen molar-refractivity contribution in [1.29, 1.82) is 0 Å². The molecule has 0 bridgehead atoms. The summed E-state index contributed by atoms with van der Waals surface area (Å²) in [6.07, 6.45) is 6.40. The molecule has 2 rings (SSSR count). The second-order valence-electron chi connectivity index (χ2n) is 2.95. The van der Waals surface area contributed by atoms with Gasteiger partial charge in [0.2, 0.25) is 5.88 Å². The zero-order chi connectivity index (χ0) is 11.4. The minimum Gasteiger partial charge on any atom is -0.436 e. The molecule has 16 heavy (non-hydrogen) atoms. The highest BCUT2D eigenvalue weighted by Crippen LogP contribution is 2.22. The van der Waals surface area contributed by atoms with Crippen LogP contribution in [0.15, 0.2) is 35.3 Å². The van der Waals surface area contributed by atoms with Crippen LogP contribution in [0.5, 0.6) is 11.6 Å². The summed E-state index contributed by atoms with van der Waals surface area (Å²) in [5.74, 6) is 0.995.